The summed E-state index contributed by atoms with van der Waals surface area (Å²) in [6.07, 6.45) is 8.55. The predicted molar refractivity (Wildman–Crippen MR) is 72.8 cm³/mol. The fourth-order valence-corrected chi connectivity index (χ4v) is 3.32. The second-order valence-electron chi connectivity index (χ2n) is 5.09. The molecule has 1 aliphatic heterocycles. The molecule has 0 N–H and O–H groups in total. The second-order valence-corrected chi connectivity index (χ2v) is 5.53. The molecule has 1 aliphatic carbocycles. The van der Waals surface area contributed by atoms with Gasteiger partial charge in [0.25, 0.3) is 0 Å². The van der Waals surface area contributed by atoms with Gasteiger partial charge in [-0.25, -0.2) is 0 Å². The van der Waals surface area contributed by atoms with Crippen molar-refractivity contribution in [1.82, 2.24) is 0 Å². The topological polar surface area (TPSA) is 12.4 Å². The second kappa shape index (κ2) is 3.99. The highest BCUT2D eigenvalue weighted by Crippen LogP contribution is 2.47. The number of hydrogen-bond donors (Lipinski definition) is 0. The first-order chi connectivity index (χ1) is 8.23. The lowest BCUT2D eigenvalue weighted by atomic mass is 9.75. The lowest BCUT2D eigenvalue weighted by Crippen LogP contribution is -2.22. The van der Waals surface area contributed by atoms with Gasteiger partial charge < -0.3 is 0 Å². The molecule has 2 heteroatoms. The third kappa shape index (κ3) is 1.73. The molecule has 2 aliphatic rings. The SMILES string of the molecule is CCC1(C2=CN=CC2)Cc2ccc(Cl)cc2C1. The average Bonchev–Trinajstić information content (AvgIpc) is 2.95. The summed E-state index contributed by atoms with van der Waals surface area (Å²) >= 11 is 6.08. The van der Waals surface area contributed by atoms with Crippen LogP contribution in [0.3, 0.4) is 0 Å². The summed E-state index contributed by atoms with van der Waals surface area (Å²) in [5, 5.41) is 0.854. The number of fused-ring (bicyclic) bond motifs is 1. The highest BCUT2D eigenvalue weighted by Gasteiger charge is 2.39. The van der Waals surface area contributed by atoms with E-state index in [1.165, 1.54) is 23.1 Å². The standard InChI is InChI=1S/C15H16ClN/c1-2-15(13-5-6-17-10-13)8-11-3-4-14(16)7-12(11)9-15/h3-4,6-7,10H,2,5,8-9H2,1H3. The summed E-state index contributed by atoms with van der Waals surface area (Å²) in [5.41, 5.74) is 4.67. The number of benzene rings is 1. The van der Waals surface area contributed by atoms with Crippen LogP contribution in [-0.2, 0) is 12.8 Å². The van der Waals surface area contributed by atoms with E-state index in [9.17, 15) is 0 Å². The molecule has 0 radical (unpaired) electrons. The van der Waals surface area contributed by atoms with Crippen LogP contribution in [0.5, 0.6) is 0 Å². The Balaban J connectivity index is 1.97. The quantitative estimate of drug-likeness (QED) is 0.741. The molecule has 0 saturated heterocycles. The first-order valence-corrected chi connectivity index (χ1v) is 6.60. The minimum absolute atomic E-state index is 0.295. The van der Waals surface area contributed by atoms with Gasteiger partial charge in [0, 0.05) is 29.3 Å². The van der Waals surface area contributed by atoms with Crippen molar-refractivity contribution in [2.24, 2.45) is 10.4 Å². The average molecular weight is 246 g/mol. The van der Waals surface area contributed by atoms with Gasteiger partial charge in [0.2, 0.25) is 0 Å². The van der Waals surface area contributed by atoms with E-state index in [0.717, 1.165) is 24.3 Å². The number of halogens is 1. The normalized spacial score (nSPS) is 26.1. The molecule has 0 bridgehead atoms. The Morgan fingerprint density at radius 2 is 2.12 bits per heavy atom. The highest BCUT2D eigenvalue weighted by molar-refractivity contribution is 6.30. The van der Waals surface area contributed by atoms with Gasteiger partial charge in [-0.15, -0.1) is 0 Å². The number of rotatable bonds is 2. The lowest BCUT2D eigenvalue weighted by molar-refractivity contribution is 0.359. The van der Waals surface area contributed by atoms with Crippen LogP contribution >= 0.6 is 11.6 Å². The number of allylic oxidation sites excluding steroid dienone is 1. The maximum absolute atomic E-state index is 6.08. The van der Waals surface area contributed by atoms with Gasteiger partial charge >= 0.3 is 0 Å². The Kier molecular flexibility index (Phi) is 2.59. The Bertz CT molecular complexity index is 516. The molecular weight excluding hydrogens is 230 g/mol. The van der Waals surface area contributed by atoms with Gasteiger partial charge in [0.15, 0.2) is 0 Å². The van der Waals surface area contributed by atoms with E-state index in [0.29, 0.717) is 5.41 Å². The van der Waals surface area contributed by atoms with Crippen LogP contribution in [-0.4, -0.2) is 6.21 Å². The fourth-order valence-electron chi connectivity index (χ4n) is 3.13. The summed E-state index contributed by atoms with van der Waals surface area (Å²) in [4.78, 5) is 4.27. The monoisotopic (exact) mass is 245 g/mol. The van der Waals surface area contributed by atoms with Crippen LogP contribution in [0.1, 0.15) is 30.9 Å². The van der Waals surface area contributed by atoms with E-state index in [1.54, 1.807) is 0 Å². The third-order valence-electron chi connectivity index (χ3n) is 4.23. The molecule has 3 rings (SSSR count). The molecular formula is C15H16ClN. The molecule has 0 amide bonds. The zero-order chi connectivity index (χ0) is 11.9. The van der Waals surface area contributed by atoms with Crippen molar-refractivity contribution in [1.29, 1.82) is 0 Å². The molecule has 1 aromatic carbocycles. The molecule has 1 atom stereocenters. The number of hydrogen-bond acceptors (Lipinski definition) is 1. The third-order valence-corrected chi connectivity index (χ3v) is 4.47. The van der Waals surface area contributed by atoms with E-state index in [4.69, 9.17) is 11.6 Å². The summed E-state index contributed by atoms with van der Waals surface area (Å²) in [6.45, 7) is 2.28. The Hall–Kier alpha value is -1.08. The maximum atomic E-state index is 6.08. The first kappa shape index (κ1) is 11.0. The molecule has 1 heterocycles. The zero-order valence-corrected chi connectivity index (χ0v) is 10.8. The van der Waals surface area contributed by atoms with Crippen LogP contribution in [0.4, 0.5) is 0 Å². The van der Waals surface area contributed by atoms with Gasteiger partial charge in [0.1, 0.15) is 0 Å². The Morgan fingerprint density at radius 3 is 2.82 bits per heavy atom. The van der Waals surface area contributed by atoms with E-state index in [1.807, 2.05) is 12.3 Å². The maximum Gasteiger partial charge on any atom is 0.0408 e. The van der Waals surface area contributed by atoms with Crippen LogP contribution in [0.15, 0.2) is 35.0 Å². The molecule has 0 saturated carbocycles. The largest absolute Gasteiger partial charge is 0.269 e. The van der Waals surface area contributed by atoms with Crippen LogP contribution in [0.25, 0.3) is 0 Å². The van der Waals surface area contributed by atoms with Gasteiger partial charge in [-0.05, 0) is 48.1 Å². The molecule has 0 aromatic heterocycles. The smallest absolute Gasteiger partial charge is 0.0408 e. The van der Waals surface area contributed by atoms with Crippen LogP contribution in [0, 0.1) is 5.41 Å². The van der Waals surface area contributed by atoms with E-state index in [-0.39, 0.29) is 0 Å². The molecule has 1 unspecified atom stereocenters. The minimum Gasteiger partial charge on any atom is -0.269 e. The number of nitrogens with zero attached hydrogens (tertiary/aromatic N) is 1. The van der Waals surface area contributed by atoms with E-state index < -0.39 is 0 Å². The zero-order valence-electron chi connectivity index (χ0n) is 10.0. The van der Waals surface area contributed by atoms with Crippen molar-refractivity contribution in [3.05, 3.63) is 46.1 Å². The van der Waals surface area contributed by atoms with Gasteiger partial charge in [0.05, 0.1) is 0 Å². The predicted octanol–water partition coefficient (Wildman–Crippen LogP) is 4.19. The molecule has 1 aromatic rings. The molecule has 0 spiro atoms. The molecule has 0 fully saturated rings. The van der Waals surface area contributed by atoms with Crippen molar-refractivity contribution in [3.63, 3.8) is 0 Å². The van der Waals surface area contributed by atoms with Crippen molar-refractivity contribution >= 4 is 17.8 Å². The van der Waals surface area contributed by atoms with Gasteiger partial charge in [-0.1, -0.05) is 24.6 Å². The van der Waals surface area contributed by atoms with Crippen molar-refractivity contribution < 1.29 is 0 Å². The van der Waals surface area contributed by atoms with Crippen LogP contribution < -0.4 is 0 Å². The summed E-state index contributed by atoms with van der Waals surface area (Å²) in [7, 11) is 0. The molecule has 88 valence electrons. The Labute approximate surface area is 107 Å². The molecule has 17 heavy (non-hydrogen) atoms. The van der Waals surface area contributed by atoms with Crippen molar-refractivity contribution in [2.75, 3.05) is 0 Å². The van der Waals surface area contributed by atoms with E-state index >= 15 is 0 Å². The van der Waals surface area contributed by atoms with Crippen LogP contribution in [0.2, 0.25) is 5.02 Å². The highest BCUT2D eigenvalue weighted by atomic mass is 35.5. The van der Waals surface area contributed by atoms with Gasteiger partial charge in [-0.3, -0.25) is 4.99 Å². The number of aliphatic imine (C=N–C) groups is 1. The summed E-state index contributed by atoms with van der Waals surface area (Å²) in [5.74, 6) is 0. The summed E-state index contributed by atoms with van der Waals surface area (Å²) in [6, 6.07) is 6.32. The summed E-state index contributed by atoms with van der Waals surface area (Å²) < 4.78 is 0. The van der Waals surface area contributed by atoms with Crippen molar-refractivity contribution in [2.45, 2.75) is 32.6 Å². The molecule has 1 nitrogen and oxygen atoms in total. The first-order valence-electron chi connectivity index (χ1n) is 6.22. The minimum atomic E-state index is 0.295. The van der Waals surface area contributed by atoms with Gasteiger partial charge in [-0.2, -0.15) is 0 Å². The Morgan fingerprint density at radius 1 is 1.29 bits per heavy atom. The van der Waals surface area contributed by atoms with Crippen molar-refractivity contribution in [3.8, 4) is 0 Å². The van der Waals surface area contributed by atoms with E-state index in [2.05, 4.69) is 30.2 Å². The fraction of sp³-hybridized carbons (Fsp3) is 0.400. The lowest BCUT2D eigenvalue weighted by Gasteiger charge is -2.28.